The molecule has 2 nitrogen and oxygen atoms in total. The minimum atomic E-state index is -0.489. The van der Waals surface area contributed by atoms with E-state index in [1.54, 1.807) is 0 Å². The maximum atomic E-state index is 6.31. The number of furan rings is 1. The molecule has 0 N–H and O–H groups in total. The second-order valence-corrected chi connectivity index (χ2v) is 16.2. The zero-order chi connectivity index (χ0) is 38.2. The number of benzene rings is 9. The summed E-state index contributed by atoms with van der Waals surface area (Å²) in [7, 11) is 0. The summed E-state index contributed by atoms with van der Waals surface area (Å²) in [5.41, 5.74) is 14.8. The largest absolute Gasteiger partial charge is 0.456 e. The minimum Gasteiger partial charge on any atom is -0.456 e. The van der Waals surface area contributed by atoms with Gasteiger partial charge in [-0.1, -0.05) is 158 Å². The summed E-state index contributed by atoms with van der Waals surface area (Å²) >= 11 is 1.87. The first-order valence-corrected chi connectivity index (χ1v) is 20.7. The fourth-order valence-corrected chi connectivity index (χ4v) is 11.1. The lowest BCUT2D eigenvalue weighted by molar-refractivity contribution is 0.669. The number of hydrogen-bond acceptors (Lipinski definition) is 3. The van der Waals surface area contributed by atoms with Gasteiger partial charge in [0.15, 0.2) is 0 Å². The van der Waals surface area contributed by atoms with E-state index in [2.05, 4.69) is 211 Å². The molecule has 0 radical (unpaired) electrons. The molecule has 0 atom stereocenters. The molecular weight excluding hydrogens is 723 g/mol. The Kier molecular flexibility index (Phi) is 7.35. The van der Waals surface area contributed by atoms with E-state index in [1.807, 2.05) is 17.4 Å². The number of nitrogens with zero attached hydrogens (tertiary/aromatic N) is 1. The van der Waals surface area contributed by atoms with Crippen molar-refractivity contribution in [3.8, 4) is 22.3 Å². The first-order valence-electron chi connectivity index (χ1n) is 19.8. The summed E-state index contributed by atoms with van der Waals surface area (Å²) in [6.07, 6.45) is 0. The van der Waals surface area contributed by atoms with Crippen LogP contribution in [0, 0.1) is 0 Å². The monoisotopic (exact) mass is 757 g/mol. The van der Waals surface area contributed by atoms with Gasteiger partial charge in [-0.15, -0.1) is 11.3 Å². The predicted molar refractivity (Wildman–Crippen MR) is 244 cm³/mol. The van der Waals surface area contributed by atoms with E-state index in [-0.39, 0.29) is 0 Å². The van der Waals surface area contributed by atoms with Crippen LogP contribution in [0.2, 0.25) is 0 Å². The molecule has 2 aromatic heterocycles. The summed E-state index contributed by atoms with van der Waals surface area (Å²) in [6.45, 7) is 0. The van der Waals surface area contributed by atoms with E-state index in [0.717, 1.165) is 33.6 Å². The minimum absolute atomic E-state index is 0.489. The standard InChI is InChI=1S/C55H35NOS/c1-4-17-37(18-5-1)55(38-19-6-2-7-20-38)48-28-12-10-24-43(48)44-31-30-41(35-49(44)55)56(39-21-8-3-9-22-39)40-23-14-16-36(34-40)42-26-15-27-45-46-32-33-51-52(54(46)58-53(42)45)47-25-11-13-29-50(47)57-51/h1-35H. The van der Waals surface area contributed by atoms with Crippen molar-refractivity contribution in [2.75, 3.05) is 4.90 Å². The van der Waals surface area contributed by atoms with Crippen LogP contribution >= 0.6 is 11.3 Å². The first-order chi connectivity index (χ1) is 28.8. The van der Waals surface area contributed by atoms with Gasteiger partial charge < -0.3 is 9.32 Å². The van der Waals surface area contributed by atoms with Gasteiger partial charge in [-0.05, 0) is 99.1 Å². The van der Waals surface area contributed by atoms with Crippen molar-refractivity contribution in [3.63, 3.8) is 0 Å². The Morgan fingerprint density at radius 1 is 0.379 bits per heavy atom. The summed E-state index contributed by atoms with van der Waals surface area (Å²) in [5, 5.41) is 4.90. The molecule has 0 bridgehead atoms. The molecule has 2 heterocycles. The number of para-hydroxylation sites is 2. The Morgan fingerprint density at radius 2 is 0.983 bits per heavy atom. The molecule has 58 heavy (non-hydrogen) atoms. The summed E-state index contributed by atoms with van der Waals surface area (Å²) < 4.78 is 8.86. The number of rotatable bonds is 6. The third-order valence-electron chi connectivity index (χ3n) is 12.1. The average Bonchev–Trinajstić information content (AvgIpc) is 3.96. The zero-order valence-corrected chi connectivity index (χ0v) is 32.3. The third-order valence-corrected chi connectivity index (χ3v) is 13.4. The fraction of sp³-hybridized carbons (Fsp3) is 0.0182. The highest BCUT2D eigenvalue weighted by Crippen LogP contribution is 2.57. The van der Waals surface area contributed by atoms with Gasteiger partial charge in [0.25, 0.3) is 0 Å². The molecule has 272 valence electrons. The van der Waals surface area contributed by atoms with Crippen molar-refractivity contribution in [1.29, 1.82) is 0 Å². The number of hydrogen-bond donors (Lipinski definition) is 0. The quantitative estimate of drug-likeness (QED) is 0.168. The highest BCUT2D eigenvalue weighted by Gasteiger charge is 2.46. The molecule has 0 amide bonds. The Morgan fingerprint density at radius 3 is 1.79 bits per heavy atom. The van der Waals surface area contributed by atoms with E-state index >= 15 is 0 Å². The van der Waals surface area contributed by atoms with Crippen molar-refractivity contribution in [2.24, 2.45) is 0 Å². The summed E-state index contributed by atoms with van der Waals surface area (Å²) in [6, 6.07) is 77.4. The molecule has 0 spiro atoms. The maximum absolute atomic E-state index is 6.31. The Bertz CT molecular complexity index is 3300. The fourth-order valence-electron chi connectivity index (χ4n) is 9.70. The van der Waals surface area contributed by atoms with Crippen LogP contribution in [-0.4, -0.2) is 0 Å². The predicted octanol–water partition coefficient (Wildman–Crippen LogP) is 15.5. The van der Waals surface area contributed by atoms with Crippen LogP contribution in [-0.2, 0) is 5.41 Å². The number of fused-ring (bicyclic) bond motifs is 10. The summed E-state index contributed by atoms with van der Waals surface area (Å²) in [5.74, 6) is 0. The molecular formula is C55H35NOS. The molecule has 0 fully saturated rings. The van der Waals surface area contributed by atoms with Crippen molar-refractivity contribution in [1.82, 2.24) is 0 Å². The molecule has 1 aliphatic rings. The van der Waals surface area contributed by atoms with Crippen molar-refractivity contribution >= 4 is 70.5 Å². The van der Waals surface area contributed by atoms with Crippen LogP contribution in [0.5, 0.6) is 0 Å². The second kappa shape index (κ2) is 12.9. The SMILES string of the molecule is c1ccc(N(c2cccc(-c3cccc4c3sc3c4ccc4oc5ccccc5c43)c2)c2ccc3c(c2)C(c2ccccc2)(c2ccccc2)c2ccccc2-3)cc1. The van der Waals surface area contributed by atoms with Crippen LogP contribution in [0.15, 0.2) is 217 Å². The lowest BCUT2D eigenvalue weighted by atomic mass is 9.67. The molecule has 12 rings (SSSR count). The highest BCUT2D eigenvalue weighted by molar-refractivity contribution is 7.27. The Labute approximate surface area is 340 Å². The number of thiophene rings is 1. The van der Waals surface area contributed by atoms with Crippen molar-refractivity contribution < 1.29 is 4.42 Å². The molecule has 0 saturated heterocycles. The van der Waals surface area contributed by atoms with E-state index in [4.69, 9.17) is 4.42 Å². The molecule has 0 unspecified atom stereocenters. The lowest BCUT2D eigenvalue weighted by Crippen LogP contribution is -2.28. The maximum Gasteiger partial charge on any atom is 0.136 e. The number of anilines is 3. The van der Waals surface area contributed by atoms with Gasteiger partial charge in [0.2, 0.25) is 0 Å². The smallest absolute Gasteiger partial charge is 0.136 e. The Hall–Kier alpha value is -7.20. The molecule has 9 aromatic carbocycles. The molecule has 11 aromatic rings. The van der Waals surface area contributed by atoms with Crippen LogP contribution in [0.4, 0.5) is 17.1 Å². The normalized spacial score (nSPS) is 13.0. The molecule has 1 aliphatic carbocycles. The van der Waals surface area contributed by atoms with Gasteiger partial charge in [0.05, 0.1) is 5.41 Å². The highest BCUT2D eigenvalue weighted by atomic mass is 32.1. The lowest BCUT2D eigenvalue weighted by Gasteiger charge is -2.35. The van der Waals surface area contributed by atoms with Crippen LogP contribution < -0.4 is 4.90 Å². The Balaban J connectivity index is 1.06. The third kappa shape index (κ3) is 4.78. The van der Waals surface area contributed by atoms with Gasteiger partial charge >= 0.3 is 0 Å². The van der Waals surface area contributed by atoms with Crippen molar-refractivity contribution in [3.05, 3.63) is 235 Å². The van der Waals surface area contributed by atoms with Crippen LogP contribution in [0.1, 0.15) is 22.3 Å². The molecule has 3 heteroatoms. The van der Waals surface area contributed by atoms with Gasteiger partial charge in [0.1, 0.15) is 11.2 Å². The van der Waals surface area contributed by atoms with Gasteiger partial charge in [-0.2, -0.15) is 0 Å². The molecule has 0 aliphatic heterocycles. The van der Waals surface area contributed by atoms with Gasteiger partial charge in [-0.3, -0.25) is 0 Å². The summed E-state index contributed by atoms with van der Waals surface area (Å²) in [4.78, 5) is 2.42. The average molecular weight is 758 g/mol. The molecule has 0 saturated carbocycles. The van der Waals surface area contributed by atoms with Gasteiger partial charge in [-0.25, -0.2) is 0 Å². The first kappa shape index (κ1) is 33.0. The van der Waals surface area contributed by atoms with E-state index in [1.165, 1.54) is 70.1 Å². The zero-order valence-electron chi connectivity index (χ0n) is 31.5. The van der Waals surface area contributed by atoms with Crippen LogP contribution in [0.25, 0.3) is 64.4 Å². The second-order valence-electron chi connectivity index (χ2n) is 15.2. The van der Waals surface area contributed by atoms with E-state index in [0.29, 0.717) is 0 Å². The topological polar surface area (TPSA) is 16.4 Å². The van der Waals surface area contributed by atoms with Crippen molar-refractivity contribution in [2.45, 2.75) is 5.41 Å². The van der Waals surface area contributed by atoms with E-state index < -0.39 is 5.41 Å². The van der Waals surface area contributed by atoms with Gasteiger partial charge in [0, 0.05) is 48.0 Å². The van der Waals surface area contributed by atoms with Crippen LogP contribution in [0.3, 0.4) is 0 Å². The van der Waals surface area contributed by atoms with E-state index in [9.17, 15) is 0 Å².